The molecule has 1 aliphatic heterocycles. The molecule has 4 aromatic rings. The molecule has 0 atom stereocenters. The third kappa shape index (κ3) is 5.77. The maximum atomic E-state index is 6.26. The topological polar surface area (TPSA) is 40.2 Å². The molecule has 188 valence electrons. The van der Waals surface area contributed by atoms with E-state index in [0.717, 1.165) is 47.3 Å². The standard InChI is InChI=1S/C30H33NO4S/c1-32-26-21-27(33-2)28(20-25(26)30-19-22-9-4-5-10-29(22)36-30)35-24-13-11-23(12-14-24)34-18-8-17-31-15-6-3-7-16-31/h4-5,9-14,19-21H,3,6-8,15-18H2,1-2H3. The summed E-state index contributed by atoms with van der Waals surface area (Å²) in [5, 5.41) is 1.21. The largest absolute Gasteiger partial charge is 0.496 e. The fourth-order valence-electron chi connectivity index (χ4n) is 4.65. The molecule has 6 heteroatoms. The third-order valence-corrected chi connectivity index (χ3v) is 7.71. The number of hydrogen-bond donors (Lipinski definition) is 0. The zero-order chi connectivity index (χ0) is 24.7. The molecule has 0 amide bonds. The molecule has 1 fully saturated rings. The number of thiophene rings is 1. The Hall–Kier alpha value is -3.22. The lowest BCUT2D eigenvalue weighted by Crippen LogP contribution is -2.31. The molecule has 1 aliphatic rings. The van der Waals surface area contributed by atoms with Gasteiger partial charge in [-0.25, -0.2) is 0 Å². The first kappa shape index (κ1) is 24.5. The van der Waals surface area contributed by atoms with E-state index in [1.807, 2.05) is 36.4 Å². The summed E-state index contributed by atoms with van der Waals surface area (Å²) in [6, 6.07) is 22.2. The Kier molecular flexibility index (Phi) is 7.94. The van der Waals surface area contributed by atoms with Crippen LogP contribution in [0.15, 0.2) is 66.7 Å². The summed E-state index contributed by atoms with van der Waals surface area (Å²) < 4.78 is 24.8. The number of rotatable bonds is 10. The van der Waals surface area contributed by atoms with E-state index in [2.05, 4.69) is 35.2 Å². The second kappa shape index (κ2) is 11.7. The van der Waals surface area contributed by atoms with Gasteiger partial charge in [-0.05, 0) is 80.2 Å². The highest BCUT2D eigenvalue weighted by atomic mass is 32.1. The monoisotopic (exact) mass is 503 g/mol. The fourth-order valence-corrected chi connectivity index (χ4v) is 5.73. The van der Waals surface area contributed by atoms with E-state index in [0.29, 0.717) is 11.5 Å². The van der Waals surface area contributed by atoms with Crippen molar-refractivity contribution in [2.45, 2.75) is 25.7 Å². The van der Waals surface area contributed by atoms with Crippen molar-refractivity contribution in [3.63, 3.8) is 0 Å². The Labute approximate surface area is 217 Å². The summed E-state index contributed by atoms with van der Waals surface area (Å²) in [5.41, 5.74) is 0.975. The second-order valence-electron chi connectivity index (χ2n) is 9.03. The number of piperidine rings is 1. The lowest BCUT2D eigenvalue weighted by atomic mass is 10.1. The van der Waals surface area contributed by atoms with Gasteiger partial charge in [0.15, 0.2) is 11.5 Å². The summed E-state index contributed by atoms with van der Waals surface area (Å²) in [6.07, 6.45) is 5.07. The predicted molar refractivity (Wildman–Crippen MR) is 147 cm³/mol. The molecule has 0 saturated carbocycles. The summed E-state index contributed by atoms with van der Waals surface area (Å²) in [7, 11) is 3.32. The summed E-state index contributed by atoms with van der Waals surface area (Å²) in [5.74, 6) is 3.59. The van der Waals surface area contributed by atoms with Crippen LogP contribution in [0.1, 0.15) is 25.7 Å². The van der Waals surface area contributed by atoms with E-state index < -0.39 is 0 Å². The Morgan fingerprint density at radius 2 is 1.53 bits per heavy atom. The molecule has 0 radical (unpaired) electrons. The first-order valence-corrected chi connectivity index (χ1v) is 13.4. The number of fused-ring (bicyclic) bond motifs is 1. The van der Waals surface area contributed by atoms with Crippen molar-refractivity contribution in [3.8, 4) is 39.2 Å². The maximum Gasteiger partial charge on any atom is 0.170 e. The molecule has 3 aromatic carbocycles. The first-order valence-electron chi connectivity index (χ1n) is 12.6. The molecule has 5 rings (SSSR count). The summed E-state index contributed by atoms with van der Waals surface area (Å²) >= 11 is 1.73. The van der Waals surface area contributed by atoms with Crippen LogP contribution in [0.25, 0.3) is 20.5 Å². The van der Waals surface area contributed by atoms with Crippen LogP contribution in [0.5, 0.6) is 28.7 Å². The van der Waals surface area contributed by atoms with Crippen LogP contribution in [0.4, 0.5) is 0 Å². The van der Waals surface area contributed by atoms with Crippen molar-refractivity contribution < 1.29 is 18.9 Å². The number of hydrogen-bond acceptors (Lipinski definition) is 6. The fraction of sp³-hybridized carbons (Fsp3) is 0.333. The minimum absolute atomic E-state index is 0.620. The van der Waals surface area contributed by atoms with E-state index in [4.69, 9.17) is 18.9 Å². The molecule has 0 aliphatic carbocycles. The van der Waals surface area contributed by atoms with Gasteiger partial charge >= 0.3 is 0 Å². The molecule has 2 heterocycles. The van der Waals surface area contributed by atoms with Crippen molar-refractivity contribution in [2.24, 2.45) is 0 Å². The number of methoxy groups -OCH3 is 2. The Morgan fingerprint density at radius 1 is 0.778 bits per heavy atom. The lowest BCUT2D eigenvalue weighted by Gasteiger charge is -2.26. The van der Waals surface area contributed by atoms with E-state index in [9.17, 15) is 0 Å². The molecule has 5 nitrogen and oxygen atoms in total. The number of benzene rings is 3. The van der Waals surface area contributed by atoms with Gasteiger partial charge in [0.05, 0.1) is 20.8 Å². The van der Waals surface area contributed by atoms with Crippen LogP contribution in [0, 0.1) is 0 Å². The smallest absolute Gasteiger partial charge is 0.170 e. The molecule has 0 spiro atoms. The maximum absolute atomic E-state index is 6.26. The van der Waals surface area contributed by atoms with E-state index >= 15 is 0 Å². The Balaban J connectivity index is 1.27. The SMILES string of the molecule is COc1cc(OC)c(-c2cc3ccccc3s2)cc1Oc1ccc(OCCCN2CCCCC2)cc1. The highest BCUT2D eigenvalue weighted by Crippen LogP contribution is 2.45. The molecular weight excluding hydrogens is 470 g/mol. The zero-order valence-electron chi connectivity index (χ0n) is 21.0. The van der Waals surface area contributed by atoms with Crippen LogP contribution in [-0.2, 0) is 0 Å². The van der Waals surface area contributed by atoms with E-state index in [1.54, 1.807) is 25.6 Å². The molecule has 0 bridgehead atoms. The average Bonchev–Trinajstić information content (AvgIpc) is 3.36. The third-order valence-electron chi connectivity index (χ3n) is 6.56. The molecule has 0 unspecified atom stereocenters. The zero-order valence-corrected chi connectivity index (χ0v) is 21.8. The van der Waals surface area contributed by atoms with Crippen LogP contribution in [-0.4, -0.2) is 45.4 Å². The number of likely N-dealkylation sites (tertiary alicyclic amines) is 1. The molecule has 1 aromatic heterocycles. The number of ether oxygens (including phenoxy) is 4. The van der Waals surface area contributed by atoms with E-state index in [1.165, 1.54) is 42.4 Å². The van der Waals surface area contributed by atoms with Crippen LogP contribution >= 0.6 is 11.3 Å². The van der Waals surface area contributed by atoms with Gasteiger partial charge in [0, 0.05) is 27.8 Å². The van der Waals surface area contributed by atoms with Crippen molar-refractivity contribution >= 4 is 21.4 Å². The van der Waals surface area contributed by atoms with Gasteiger partial charge in [0.2, 0.25) is 0 Å². The highest BCUT2D eigenvalue weighted by Gasteiger charge is 2.17. The molecule has 0 N–H and O–H groups in total. The Bertz CT molecular complexity index is 1250. The second-order valence-corrected chi connectivity index (χ2v) is 10.1. The van der Waals surface area contributed by atoms with Gasteiger partial charge in [-0.1, -0.05) is 24.6 Å². The minimum atomic E-state index is 0.620. The molecule has 1 saturated heterocycles. The first-order chi connectivity index (χ1) is 17.7. The lowest BCUT2D eigenvalue weighted by molar-refractivity contribution is 0.205. The van der Waals surface area contributed by atoms with Gasteiger partial charge in [-0.3, -0.25) is 0 Å². The van der Waals surface area contributed by atoms with Gasteiger partial charge in [0.1, 0.15) is 17.2 Å². The van der Waals surface area contributed by atoms with Crippen molar-refractivity contribution in [2.75, 3.05) is 40.5 Å². The number of nitrogens with zero attached hydrogens (tertiary/aromatic N) is 1. The minimum Gasteiger partial charge on any atom is -0.496 e. The summed E-state index contributed by atoms with van der Waals surface area (Å²) in [6.45, 7) is 4.29. The van der Waals surface area contributed by atoms with Crippen LogP contribution in [0.3, 0.4) is 0 Å². The van der Waals surface area contributed by atoms with Gasteiger partial charge in [-0.2, -0.15) is 0 Å². The van der Waals surface area contributed by atoms with Gasteiger partial charge < -0.3 is 23.8 Å². The molecule has 36 heavy (non-hydrogen) atoms. The van der Waals surface area contributed by atoms with Crippen LogP contribution in [0.2, 0.25) is 0 Å². The average molecular weight is 504 g/mol. The predicted octanol–water partition coefficient (Wildman–Crippen LogP) is 7.63. The van der Waals surface area contributed by atoms with Crippen molar-refractivity contribution in [1.82, 2.24) is 4.90 Å². The quantitative estimate of drug-likeness (QED) is 0.208. The highest BCUT2D eigenvalue weighted by molar-refractivity contribution is 7.22. The van der Waals surface area contributed by atoms with Crippen molar-refractivity contribution in [3.05, 3.63) is 66.7 Å². The van der Waals surface area contributed by atoms with Crippen molar-refractivity contribution in [1.29, 1.82) is 0 Å². The van der Waals surface area contributed by atoms with Gasteiger partial charge in [-0.15, -0.1) is 11.3 Å². The summed E-state index contributed by atoms with van der Waals surface area (Å²) in [4.78, 5) is 3.66. The van der Waals surface area contributed by atoms with Crippen LogP contribution < -0.4 is 18.9 Å². The van der Waals surface area contributed by atoms with E-state index in [-0.39, 0.29) is 0 Å². The Morgan fingerprint density at radius 3 is 2.28 bits per heavy atom. The molecular formula is C30H33NO4S. The normalized spacial score (nSPS) is 14.1. The van der Waals surface area contributed by atoms with Gasteiger partial charge in [0.25, 0.3) is 0 Å².